The number of carbonyl (C=O) groups is 2. The number of rotatable bonds is 6. The summed E-state index contributed by atoms with van der Waals surface area (Å²) in [5.41, 5.74) is 1.44. The molecule has 0 atom stereocenters. The minimum atomic E-state index is -0.0866. The van der Waals surface area contributed by atoms with Crippen molar-refractivity contribution in [1.29, 1.82) is 0 Å². The number of benzene rings is 3. The highest BCUT2D eigenvalue weighted by Gasteiger charge is 2.26. The van der Waals surface area contributed by atoms with Gasteiger partial charge < -0.3 is 19.3 Å². The van der Waals surface area contributed by atoms with Gasteiger partial charge in [-0.1, -0.05) is 42.5 Å². The molecule has 0 spiro atoms. The van der Waals surface area contributed by atoms with Gasteiger partial charge in [-0.05, 0) is 42.0 Å². The van der Waals surface area contributed by atoms with Crippen LogP contribution in [0, 0.1) is 0 Å². The molecule has 1 saturated heterocycles. The molecular formula is C26H26N2O4. The van der Waals surface area contributed by atoms with Gasteiger partial charge in [0.2, 0.25) is 5.91 Å². The van der Waals surface area contributed by atoms with Crippen molar-refractivity contribution in [3.63, 3.8) is 0 Å². The number of hydrogen-bond donors (Lipinski definition) is 0. The normalized spacial score (nSPS) is 13.5. The Morgan fingerprint density at radius 3 is 2.19 bits per heavy atom. The first kappa shape index (κ1) is 21.4. The molecule has 0 aliphatic carbocycles. The molecule has 0 bridgehead atoms. The molecule has 3 aromatic carbocycles. The van der Waals surface area contributed by atoms with E-state index in [-0.39, 0.29) is 11.8 Å². The van der Waals surface area contributed by atoms with E-state index in [1.807, 2.05) is 71.6 Å². The van der Waals surface area contributed by atoms with Gasteiger partial charge in [0.05, 0.1) is 19.1 Å². The largest absolute Gasteiger partial charge is 0.497 e. The van der Waals surface area contributed by atoms with Crippen LogP contribution in [0.2, 0.25) is 0 Å². The number of para-hydroxylation sites is 2. The van der Waals surface area contributed by atoms with Crippen LogP contribution in [0.1, 0.15) is 15.9 Å². The van der Waals surface area contributed by atoms with Crippen molar-refractivity contribution in [2.75, 3.05) is 33.3 Å². The highest BCUT2D eigenvalue weighted by Crippen LogP contribution is 2.26. The maximum atomic E-state index is 13.2. The summed E-state index contributed by atoms with van der Waals surface area (Å²) in [5.74, 6) is 1.91. The summed E-state index contributed by atoms with van der Waals surface area (Å²) < 4.78 is 11.2. The van der Waals surface area contributed by atoms with Gasteiger partial charge in [0.25, 0.3) is 5.91 Å². The smallest absolute Gasteiger partial charge is 0.257 e. The number of carbonyl (C=O) groups excluding carboxylic acids is 2. The molecule has 32 heavy (non-hydrogen) atoms. The van der Waals surface area contributed by atoms with Crippen LogP contribution in [-0.2, 0) is 11.2 Å². The second kappa shape index (κ2) is 10.0. The Kier molecular flexibility index (Phi) is 6.70. The van der Waals surface area contributed by atoms with Crippen molar-refractivity contribution in [3.05, 3.63) is 90.0 Å². The first-order valence-electron chi connectivity index (χ1n) is 10.7. The van der Waals surface area contributed by atoms with Gasteiger partial charge in [-0.25, -0.2) is 0 Å². The number of hydrogen-bond acceptors (Lipinski definition) is 4. The summed E-state index contributed by atoms with van der Waals surface area (Å²) in [7, 11) is 1.61. The van der Waals surface area contributed by atoms with Crippen LogP contribution in [0.5, 0.6) is 17.2 Å². The van der Waals surface area contributed by atoms with Crippen LogP contribution in [0.25, 0.3) is 0 Å². The second-order valence-electron chi connectivity index (χ2n) is 7.61. The van der Waals surface area contributed by atoms with E-state index in [0.29, 0.717) is 49.7 Å². The molecule has 2 amide bonds. The zero-order chi connectivity index (χ0) is 22.3. The maximum Gasteiger partial charge on any atom is 0.257 e. The molecular weight excluding hydrogens is 404 g/mol. The lowest BCUT2D eigenvalue weighted by molar-refractivity contribution is -0.131. The fourth-order valence-electron chi connectivity index (χ4n) is 3.75. The van der Waals surface area contributed by atoms with Gasteiger partial charge in [0.15, 0.2) is 0 Å². The Labute approximate surface area is 188 Å². The Morgan fingerprint density at radius 1 is 0.781 bits per heavy atom. The van der Waals surface area contributed by atoms with Crippen molar-refractivity contribution in [1.82, 2.24) is 9.80 Å². The van der Waals surface area contributed by atoms with Crippen LogP contribution < -0.4 is 9.47 Å². The molecule has 0 aromatic heterocycles. The Balaban J connectivity index is 1.37. The molecule has 0 saturated carbocycles. The van der Waals surface area contributed by atoms with Gasteiger partial charge in [-0.2, -0.15) is 0 Å². The SMILES string of the molecule is COc1cccc(CC(=O)N2CCN(C(=O)c3ccccc3Oc3ccccc3)CC2)c1. The summed E-state index contributed by atoms with van der Waals surface area (Å²) in [6.45, 7) is 2.00. The number of amides is 2. The quantitative estimate of drug-likeness (QED) is 0.593. The van der Waals surface area contributed by atoms with E-state index in [4.69, 9.17) is 9.47 Å². The highest BCUT2D eigenvalue weighted by molar-refractivity contribution is 5.97. The molecule has 3 aromatic rings. The molecule has 0 N–H and O–H groups in total. The third-order valence-electron chi connectivity index (χ3n) is 5.50. The predicted molar refractivity (Wildman–Crippen MR) is 122 cm³/mol. The van der Waals surface area contributed by atoms with Crippen LogP contribution in [-0.4, -0.2) is 54.9 Å². The average Bonchev–Trinajstić information content (AvgIpc) is 2.85. The fraction of sp³-hybridized carbons (Fsp3) is 0.231. The van der Waals surface area contributed by atoms with Crippen LogP contribution in [0.15, 0.2) is 78.9 Å². The molecule has 6 heteroatoms. The van der Waals surface area contributed by atoms with Gasteiger partial charge in [-0.15, -0.1) is 0 Å². The molecule has 6 nitrogen and oxygen atoms in total. The summed E-state index contributed by atoms with van der Waals surface area (Å²) in [4.78, 5) is 29.5. The zero-order valence-corrected chi connectivity index (χ0v) is 18.1. The van der Waals surface area contributed by atoms with Crippen molar-refractivity contribution >= 4 is 11.8 Å². The van der Waals surface area contributed by atoms with Crippen molar-refractivity contribution in [2.24, 2.45) is 0 Å². The second-order valence-corrected chi connectivity index (χ2v) is 7.61. The van der Waals surface area contributed by atoms with E-state index in [1.54, 1.807) is 24.1 Å². The summed E-state index contributed by atoms with van der Waals surface area (Å²) in [6.07, 6.45) is 0.318. The monoisotopic (exact) mass is 430 g/mol. The Bertz CT molecular complexity index is 1080. The first-order valence-corrected chi connectivity index (χ1v) is 10.7. The van der Waals surface area contributed by atoms with Crippen LogP contribution in [0.3, 0.4) is 0 Å². The van der Waals surface area contributed by atoms with E-state index in [2.05, 4.69) is 0 Å². The van der Waals surface area contributed by atoms with E-state index < -0.39 is 0 Å². The molecule has 4 rings (SSSR count). The number of methoxy groups -OCH3 is 1. The zero-order valence-electron chi connectivity index (χ0n) is 18.1. The van der Waals surface area contributed by atoms with E-state index in [0.717, 1.165) is 11.3 Å². The highest BCUT2D eigenvalue weighted by atomic mass is 16.5. The molecule has 1 fully saturated rings. The van der Waals surface area contributed by atoms with Crippen LogP contribution >= 0.6 is 0 Å². The molecule has 1 aliphatic rings. The van der Waals surface area contributed by atoms with Crippen molar-refractivity contribution in [3.8, 4) is 17.2 Å². The minimum Gasteiger partial charge on any atom is -0.497 e. The Hall–Kier alpha value is -3.80. The van der Waals surface area contributed by atoms with Gasteiger partial charge >= 0.3 is 0 Å². The molecule has 0 unspecified atom stereocenters. The van der Waals surface area contributed by atoms with Crippen molar-refractivity contribution in [2.45, 2.75) is 6.42 Å². The topological polar surface area (TPSA) is 59.1 Å². The number of ether oxygens (including phenoxy) is 2. The molecule has 1 heterocycles. The average molecular weight is 431 g/mol. The summed E-state index contributed by atoms with van der Waals surface area (Å²) in [5, 5.41) is 0. The van der Waals surface area contributed by atoms with Gasteiger partial charge in [-0.3, -0.25) is 9.59 Å². The van der Waals surface area contributed by atoms with Crippen LogP contribution in [0.4, 0.5) is 0 Å². The minimum absolute atomic E-state index is 0.0539. The lowest BCUT2D eigenvalue weighted by Crippen LogP contribution is -2.51. The van der Waals surface area contributed by atoms with Gasteiger partial charge in [0.1, 0.15) is 17.2 Å². The molecule has 0 radical (unpaired) electrons. The third kappa shape index (κ3) is 5.09. The maximum absolute atomic E-state index is 13.2. The van der Waals surface area contributed by atoms with Crippen molar-refractivity contribution < 1.29 is 19.1 Å². The van der Waals surface area contributed by atoms with E-state index in [1.165, 1.54) is 0 Å². The molecule has 1 aliphatic heterocycles. The first-order chi connectivity index (χ1) is 15.6. The number of nitrogens with zero attached hydrogens (tertiary/aromatic N) is 2. The lowest BCUT2D eigenvalue weighted by atomic mass is 10.1. The summed E-state index contributed by atoms with van der Waals surface area (Å²) in [6, 6.07) is 24.2. The van der Waals surface area contributed by atoms with E-state index in [9.17, 15) is 9.59 Å². The van der Waals surface area contributed by atoms with E-state index >= 15 is 0 Å². The summed E-state index contributed by atoms with van der Waals surface area (Å²) >= 11 is 0. The number of piperazine rings is 1. The lowest BCUT2D eigenvalue weighted by Gasteiger charge is -2.35. The standard InChI is InChI=1S/C26H26N2O4/c1-31-22-11-7-8-20(18-22)19-25(29)27-14-16-28(17-15-27)26(30)23-12-5-6-13-24(23)32-21-9-3-2-4-10-21/h2-13,18H,14-17,19H2,1H3. The van der Waals surface area contributed by atoms with Gasteiger partial charge in [0, 0.05) is 26.2 Å². The molecule has 164 valence electrons. The third-order valence-corrected chi connectivity index (χ3v) is 5.50. The predicted octanol–water partition coefficient (Wildman–Crippen LogP) is 4.01. The Morgan fingerprint density at radius 2 is 1.44 bits per heavy atom. The fourth-order valence-corrected chi connectivity index (χ4v) is 3.75.